The molecule has 0 radical (unpaired) electrons. The Morgan fingerprint density at radius 3 is 2.62 bits per heavy atom. The van der Waals surface area contributed by atoms with Crippen LogP contribution in [-0.2, 0) is 11.3 Å². The van der Waals surface area contributed by atoms with Crippen molar-refractivity contribution in [3.8, 4) is 5.75 Å². The largest absolute Gasteiger partial charge is 0.497 e. The summed E-state index contributed by atoms with van der Waals surface area (Å²) in [5.41, 5.74) is 1.15. The van der Waals surface area contributed by atoms with Crippen LogP contribution in [0.4, 0.5) is 0 Å². The molecular formula is C22H24N2O4S. The maximum atomic E-state index is 13.0. The zero-order chi connectivity index (χ0) is 20.6. The van der Waals surface area contributed by atoms with Gasteiger partial charge in [-0.1, -0.05) is 23.9 Å². The molecule has 0 saturated carbocycles. The van der Waals surface area contributed by atoms with E-state index in [4.69, 9.17) is 9.47 Å². The maximum absolute atomic E-state index is 13.0. The van der Waals surface area contributed by atoms with Crippen LogP contribution in [0.3, 0.4) is 0 Å². The highest BCUT2D eigenvalue weighted by molar-refractivity contribution is 7.99. The van der Waals surface area contributed by atoms with Crippen molar-refractivity contribution in [3.63, 3.8) is 0 Å². The van der Waals surface area contributed by atoms with Crippen molar-refractivity contribution in [2.75, 3.05) is 26.1 Å². The van der Waals surface area contributed by atoms with Crippen LogP contribution in [0, 0.1) is 0 Å². The smallest absolute Gasteiger partial charge is 0.262 e. The second-order valence-corrected chi connectivity index (χ2v) is 7.30. The van der Waals surface area contributed by atoms with Crippen LogP contribution in [0.1, 0.15) is 23.7 Å². The molecule has 3 aromatic rings. The van der Waals surface area contributed by atoms with Crippen LogP contribution in [0.15, 0.2) is 58.5 Å². The molecule has 1 aromatic heterocycles. The number of methoxy groups -OCH3 is 1. The number of carbonyl (C=O) groups is 1. The van der Waals surface area contributed by atoms with Gasteiger partial charge in [0.1, 0.15) is 5.75 Å². The summed E-state index contributed by atoms with van der Waals surface area (Å²) >= 11 is 1.28. The van der Waals surface area contributed by atoms with Gasteiger partial charge in [-0.25, -0.2) is 4.98 Å². The highest BCUT2D eigenvalue weighted by Crippen LogP contribution is 2.20. The van der Waals surface area contributed by atoms with Gasteiger partial charge in [-0.15, -0.1) is 0 Å². The normalized spacial score (nSPS) is 11.0. The molecule has 0 atom stereocenters. The van der Waals surface area contributed by atoms with Crippen molar-refractivity contribution in [3.05, 3.63) is 64.4 Å². The molecule has 1 heterocycles. The zero-order valence-electron chi connectivity index (χ0n) is 16.6. The van der Waals surface area contributed by atoms with Gasteiger partial charge in [0.25, 0.3) is 5.56 Å². The number of aromatic nitrogens is 2. The van der Waals surface area contributed by atoms with E-state index < -0.39 is 0 Å². The first-order valence-corrected chi connectivity index (χ1v) is 10.5. The van der Waals surface area contributed by atoms with Crippen LogP contribution >= 0.6 is 11.8 Å². The van der Waals surface area contributed by atoms with Crippen LogP contribution < -0.4 is 10.3 Å². The molecule has 2 aromatic carbocycles. The number of hydrogen-bond donors (Lipinski definition) is 0. The molecule has 0 fully saturated rings. The number of rotatable bonds is 10. The van der Waals surface area contributed by atoms with E-state index in [0.717, 1.165) is 0 Å². The predicted molar refractivity (Wildman–Crippen MR) is 115 cm³/mol. The molecular weight excluding hydrogens is 388 g/mol. The van der Waals surface area contributed by atoms with Gasteiger partial charge in [0.2, 0.25) is 0 Å². The fourth-order valence-corrected chi connectivity index (χ4v) is 3.83. The molecule has 0 saturated heterocycles. The maximum Gasteiger partial charge on any atom is 0.262 e. The van der Waals surface area contributed by atoms with Gasteiger partial charge in [0, 0.05) is 25.3 Å². The quantitative estimate of drug-likeness (QED) is 0.218. The van der Waals surface area contributed by atoms with Crippen LogP contribution in [0.2, 0.25) is 0 Å². The number of thioether (sulfide) groups is 1. The Hall–Kier alpha value is -2.64. The Bertz CT molecular complexity index is 1030. The zero-order valence-corrected chi connectivity index (χ0v) is 17.4. The molecule has 0 amide bonds. The number of para-hydroxylation sites is 1. The number of ether oxygens (including phenoxy) is 2. The van der Waals surface area contributed by atoms with Crippen LogP contribution in [0.25, 0.3) is 10.9 Å². The van der Waals surface area contributed by atoms with E-state index in [2.05, 4.69) is 4.98 Å². The highest BCUT2D eigenvalue weighted by Gasteiger charge is 2.14. The lowest BCUT2D eigenvalue weighted by atomic mass is 10.1. The fraction of sp³-hybridized carbons (Fsp3) is 0.318. The van der Waals surface area contributed by atoms with Gasteiger partial charge in [0.05, 0.1) is 23.8 Å². The molecule has 6 nitrogen and oxygen atoms in total. The fourth-order valence-electron chi connectivity index (χ4n) is 2.91. The van der Waals surface area contributed by atoms with Crippen molar-refractivity contribution in [1.82, 2.24) is 9.55 Å². The van der Waals surface area contributed by atoms with Crippen LogP contribution in [-0.4, -0.2) is 41.4 Å². The minimum atomic E-state index is -0.0912. The minimum absolute atomic E-state index is 0.0269. The third-order valence-corrected chi connectivity index (χ3v) is 5.42. The molecule has 3 rings (SSSR count). The third-order valence-electron chi connectivity index (χ3n) is 4.45. The summed E-state index contributed by atoms with van der Waals surface area (Å²) in [7, 11) is 1.59. The van der Waals surface area contributed by atoms with Crippen molar-refractivity contribution in [1.29, 1.82) is 0 Å². The van der Waals surface area contributed by atoms with Gasteiger partial charge in [-0.05, 0) is 49.7 Å². The molecule has 0 N–H and O–H groups in total. The first-order valence-electron chi connectivity index (χ1n) is 9.51. The number of Topliss-reactive ketones (excluding diaryl/α,β-unsaturated/α-hetero) is 1. The molecule has 29 heavy (non-hydrogen) atoms. The predicted octanol–water partition coefficient (Wildman–Crippen LogP) is 3.81. The van der Waals surface area contributed by atoms with E-state index in [1.807, 2.05) is 25.1 Å². The van der Waals surface area contributed by atoms with Gasteiger partial charge >= 0.3 is 0 Å². The van der Waals surface area contributed by atoms with E-state index >= 15 is 0 Å². The summed E-state index contributed by atoms with van der Waals surface area (Å²) in [4.78, 5) is 30.2. The summed E-state index contributed by atoms with van der Waals surface area (Å²) in [6.45, 7) is 3.65. The Morgan fingerprint density at radius 2 is 1.90 bits per heavy atom. The van der Waals surface area contributed by atoms with E-state index in [9.17, 15) is 9.59 Å². The number of fused-ring (bicyclic) bond motifs is 1. The SMILES string of the molecule is CCOCCCn1c(SCC(=O)c2ccc(OC)cc2)nc2ccccc2c1=O. The number of nitrogens with zero attached hydrogens (tertiary/aromatic N) is 2. The lowest BCUT2D eigenvalue weighted by molar-refractivity contribution is 0.102. The van der Waals surface area contributed by atoms with Gasteiger partial charge < -0.3 is 9.47 Å². The monoisotopic (exact) mass is 412 g/mol. The van der Waals surface area contributed by atoms with Gasteiger partial charge in [-0.2, -0.15) is 0 Å². The van der Waals surface area contributed by atoms with E-state index in [-0.39, 0.29) is 17.1 Å². The summed E-state index contributed by atoms with van der Waals surface area (Å²) in [5, 5.41) is 1.13. The first-order chi connectivity index (χ1) is 14.1. The molecule has 0 aliphatic heterocycles. The van der Waals surface area contributed by atoms with Crippen LogP contribution in [0.5, 0.6) is 5.75 Å². The Morgan fingerprint density at radius 1 is 1.14 bits per heavy atom. The molecule has 0 spiro atoms. The van der Waals surface area contributed by atoms with Gasteiger partial charge in [0.15, 0.2) is 10.9 Å². The minimum Gasteiger partial charge on any atom is -0.497 e. The Kier molecular flexibility index (Phi) is 7.43. The standard InChI is InChI=1S/C22H24N2O4S/c1-3-28-14-6-13-24-21(26)18-7-4-5-8-19(18)23-22(24)29-15-20(25)16-9-11-17(27-2)12-10-16/h4-5,7-12H,3,6,13-15H2,1-2H3. The molecule has 0 unspecified atom stereocenters. The Balaban J connectivity index is 1.82. The first kappa shape index (κ1) is 21.1. The lowest BCUT2D eigenvalue weighted by Gasteiger charge is -2.13. The number of carbonyl (C=O) groups excluding carboxylic acids is 1. The molecule has 0 bridgehead atoms. The third kappa shape index (κ3) is 5.25. The number of ketones is 1. The summed E-state index contributed by atoms with van der Waals surface area (Å²) < 4.78 is 12.2. The molecule has 152 valence electrons. The van der Waals surface area contributed by atoms with Crippen molar-refractivity contribution < 1.29 is 14.3 Å². The average Bonchev–Trinajstić information content (AvgIpc) is 2.76. The molecule has 0 aliphatic rings. The highest BCUT2D eigenvalue weighted by atomic mass is 32.2. The lowest BCUT2D eigenvalue weighted by Crippen LogP contribution is -2.24. The van der Waals surface area contributed by atoms with Gasteiger partial charge in [-0.3, -0.25) is 14.2 Å². The summed E-state index contributed by atoms with van der Waals surface area (Å²) in [5.74, 6) is 0.872. The second-order valence-electron chi connectivity index (χ2n) is 6.36. The van der Waals surface area contributed by atoms with E-state index in [0.29, 0.717) is 53.6 Å². The molecule has 0 aliphatic carbocycles. The van der Waals surface area contributed by atoms with E-state index in [1.54, 1.807) is 42.0 Å². The average molecular weight is 413 g/mol. The van der Waals surface area contributed by atoms with Crippen molar-refractivity contribution in [2.45, 2.75) is 25.0 Å². The van der Waals surface area contributed by atoms with E-state index in [1.165, 1.54) is 11.8 Å². The second kappa shape index (κ2) is 10.2. The Labute approximate surface area is 173 Å². The van der Waals surface area contributed by atoms with Crippen molar-refractivity contribution >= 4 is 28.4 Å². The van der Waals surface area contributed by atoms with Crippen molar-refractivity contribution in [2.24, 2.45) is 0 Å². The summed E-state index contributed by atoms with van der Waals surface area (Å²) in [6, 6.07) is 14.3. The summed E-state index contributed by atoms with van der Waals surface area (Å²) in [6.07, 6.45) is 0.702. The number of hydrogen-bond acceptors (Lipinski definition) is 6. The number of benzene rings is 2. The molecule has 7 heteroatoms. The topological polar surface area (TPSA) is 70.4 Å².